The maximum Gasteiger partial charge on any atom is 0.0619 e. The molecule has 0 atom stereocenters. The fourth-order valence-electron chi connectivity index (χ4n) is 11.3. The van der Waals surface area contributed by atoms with Crippen LogP contribution >= 0.6 is 11.3 Å². The molecule has 0 saturated carbocycles. The third kappa shape index (κ3) is 6.13. The zero-order valence-corrected chi connectivity index (χ0v) is 40.2. The van der Waals surface area contributed by atoms with E-state index in [1.807, 2.05) is 11.3 Å². The molecule has 0 fully saturated rings. The highest BCUT2D eigenvalue weighted by molar-refractivity contribution is 7.26. The van der Waals surface area contributed by atoms with Crippen LogP contribution in [-0.2, 0) is 10.8 Å². The van der Waals surface area contributed by atoms with Gasteiger partial charge in [0.1, 0.15) is 0 Å². The van der Waals surface area contributed by atoms with E-state index >= 15 is 0 Å². The summed E-state index contributed by atoms with van der Waals surface area (Å²) in [5, 5.41) is 15.3. The molecule has 2 heteroatoms. The number of nitrogens with zero attached hydrogens (tertiary/aromatic N) is 1. The molecule has 0 aliphatic carbocycles. The minimum absolute atomic E-state index is 0.0252. The van der Waals surface area contributed by atoms with Gasteiger partial charge in [0.15, 0.2) is 0 Å². The van der Waals surface area contributed by atoms with Gasteiger partial charge in [0.25, 0.3) is 0 Å². The standard InChI is InChI=1S/C66H51NS/c1-65(2,3)42-32-35-57-55(38-42)56-39-43(66(4,5)6)33-36-58(56)67(57)63-51-27-16-14-25-49(51)62(50-26-15-17-28-52(50)63)54-30-18-29-53-44-34-31-41(37-59(44)68-64(53)54)61-47-23-12-10-21-45(47)60(40-19-8-7-9-20-40)46-22-11-13-24-48(46)61/h7-39H,1-6H3. The van der Waals surface area contributed by atoms with Gasteiger partial charge in [-0.1, -0.05) is 211 Å². The summed E-state index contributed by atoms with van der Waals surface area (Å²) in [6.45, 7) is 13.9. The maximum absolute atomic E-state index is 2.57. The molecule has 0 bridgehead atoms. The molecule has 11 aromatic carbocycles. The van der Waals surface area contributed by atoms with E-state index < -0.39 is 0 Å². The van der Waals surface area contributed by atoms with Crippen LogP contribution in [0.25, 0.3) is 124 Å². The van der Waals surface area contributed by atoms with E-state index in [0.29, 0.717) is 0 Å². The molecule has 13 aromatic rings. The fourth-order valence-corrected chi connectivity index (χ4v) is 12.6. The van der Waals surface area contributed by atoms with Crippen LogP contribution in [0.2, 0.25) is 0 Å². The molecule has 0 amide bonds. The number of hydrogen-bond acceptors (Lipinski definition) is 1. The fraction of sp³-hybridized carbons (Fsp3) is 0.121. The van der Waals surface area contributed by atoms with Crippen molar-refractivity contribution in [2.24, 2.45) is 0 Å². The lowest BCUT2D eigenvalue weighted by molar-refractivity contribution is 0.590. The van der Waals surface area contributed by atoms with Gasteiger partial charge in [-0.3, -0.25) is 0 Å². The number of fused-ring (bicyclic) bond motifs is 10. The largest absolute Gasteiger partial charge is 0.308 e. The van der Waals surface area contributed by atoms with Gasteiger partial charge >= 0.3 is 0 Å². The van der Waals surface area contributed by atoms with Gasteiger partial charge in [0.05, 0.1) is 16.7 Å². The van der Waals surface area contributed by atoms with Crippen molar-refractivity contribution < 1.29 is 0 Å². The molecule has 2 heterocycles. The quantitative estimate of drug-likeness (QED) is 0.155. The van der Waals surface area contributed by atoms with E-state index in [2.05, 4.69) is 246 Å². The SMILES string of the molecule is CC(C)(C)c1ccc2c(c1)c1cc(C(C)(C)C)ccc1n2-c1c2ccccc2c(-c2cccc3c2sc2cc(-c4c5ccccc5c(-c5ccccc5)c5ccccc45)ccc23)c2ccccc12. The monoisotopic (exact) mass is 889 g/mol. The van der Waals surface area contributed by atoms with Crippen molar-refractivity contribution in [3.8, 4) is 39.1 Å². The second-order valence-electron chi connectivity index (χ2n) is 20.8. The van der Waals surface area contributed by atoms with E-state index in [1.54, 1.807) is 0 Å². The molecule has 0 spiro atoms. The first kappa shape index (κ1) is 40.7. The van der Waals surface area contributed by atoms with E-state index in [-0.39, 0.29) is 10.8 Å². The van der Waals surface area contributed by atoms with Crippen LogP contribution in [-0.4, -0.2) is 4.57 Å². The Labute approximate surface area is 401 Å². The Kier molecular flexibility index (Phi) is 8.98. The molecule has 326 valence electrons. The second kappa shape index (κ2) is 15.0. The number of hydrogen-bond donors (Lipinski definition) is 0. The van der Waals surface area contributed by atoms with Gasteiger partial charge in [-0.25, -0.2) is 0 Å². The number of benzene rings is 11. The summed E-state index contributed by atoms with van der Waals surface area (Å²) < 4.78 is 5.18. The average Bonchev–Trinajstić information content (AvgIpc) is 3.89. The van der Waals surface area contributed by atoms with E-state index in [4.69, 9.17) is 0 Å². The summed E-state index contributed by atoms with van der Waals surface area (Å²) in [6.07, 6.45) is 0. The Hall–Kier alpha value is -7.52. The summed E-state index contributed by atoms with van der Waals surface area (Å²) in [6, 6.07) is 75.6. The Morgan fingerprint density at radius 1 is 0.324 bits per heavy atom. The third-order valence-corrected chi connectivity index (χ3v) is 15.9. The van der Waals surface area contributed by atoms with Gasteiger partial charge in [0, 0.05) is 47.3 Å². The van der Waals surface area contributed by atoms with Crippen LogP contribution in [0.15, 0.2) is 200 Å². The van der Waals surface area contributed by atoms with Crippen LogP contribution in [0.4, 0.5) is 0 Å². The van der Waals surface area contributed by atoms with Crippen LogP contribution in [0, 0.1) is 0 Å². The molecular weight excluding hydrogens is 839 g/mol. The zero-order chi connectivity index (χ0) is 46.1. The van der Waals surface area contributed by atoms with E-state index in [0.717, 1.165) is 0 Å². The highest BCUT2D eigenvalue weighted by Crippen LogP contribution is 2.50. The van der Waals surface area contributed by atoms with Crippen molar-refractivity contribution in [3.63, 3.8) is 0 Å². The summed E-state index contributed by atoms with van der Waals surface area (Å²) in [5.41, 5.74) is 14.1. The molecular formula is C66H51NS. The molecule has 2 aromatic heterocycles. The molecule has 0 N–H and O–H groups in total. The maximum atomic E-state index is 2.57. The summed E-state index contributed by atoms with van der Waals surface area (Å²) in [7, 11) is 0. The lowest BCUT2D eigenvalue weighted by Gasteiger charge is -2.21. The number of aromatic nitrogens is 1. The summed E-state index contributed by atoms with van der Waals surface area (Å²) >= 11 is 1.93. The van der Waals surface area contributed by atoms with Crippen molar-refractivity contribution >= 4 is 96.4 Å². The van der Waals surface area contributed by atoms with Crippen LogP contribution in [0.5, 0.6) is 0 Å². The van der Waals surface area contributed by atoms with Gasteiger partial charge in [0.2, 0.25) is 0 Å². The summed E-state index contributed by atoms with van der Waals surface area (Å²) in [5.74, 6) is 0. The second-order valence-corrected chi connectivity index (χ2v) is 21.9. The number of rotatable bonds is 4. The Bertz CT molecular complexity index is 4020. The van der Waals surface area contributed by atoms with Crippen molar-refractivity contribution in [3.05, 3.63) is 211 Å². The van der Waals surface area contributed by atoms with Crippen molar-refractivity contribution in [2.75, 3.05) is 0 Å². The van der Waals surface area contributed by atoms with Crippen molar-refractivity contribution in [1.29, 1.82) is 0 Å². The van der Waals surface area contributed by atoms with Gasteiger partial charge < -0.3 is 4.57 Å². The molecule has 1 nitrogen and oxygen atoms in total. The van der Waals surface area contributed by atoms with Gasteiger partial charge in [-0.2, -0.15) is 0 Å². The summed E-state index contributed by atoms with van der Waals surface area (Å²) in [4.78, 5) is 0. The minimum atomic E-state index is 0.0252. The minimum Gasteiger partial charge on any atom is -0.308 e. The van der Waals surface area contributed by atoms with Crippen LogP contribution < -0.4 is 0 Å². The van der Waals surface area contributed by atoms with Crippen LogP contribution in [0.3, 0.4) is 0 Å². The molecule has 13 rings (SSSR count). The third-order valence-electron chi connectivity index (χ3n) is 14.7. The van der Waals surface area contributed by atoms with Gasteiger partial charge in [-0.15, -0.1) is 11.3 Å². The molecule has 0 unspecified atom stereocenters. The first-order valence-electron chi connectivity index (χ1n) is 24.0. The van der Waals surface area contributed by atoms with Crippen molar-refractivity contribution in [1.82, 2.24) is 4.57 Å². The Morgan fingerprint density at radius 3 is 1.26 bits per heavy atom. The zero-order valence-electron chi connectivity index (χ0n) is 39.4. The van der Waals surface area contributed by atoms with Crippen LogP contribution in [0.1, 0.15) is 52.7 Å². The first-order chi connectivity index (χ1) is 33.0. The number of thiophene rings is 1. The normalized spacial score (nSPS) is 12.6. The predicted molar refractivity (Wildman–Crippen MR) is 297 cm³/mol. The highest BCUT2D eigenvalue weighted by Gasteiger charge is 2.25. The molecule has 0 radical (unpaired) electrons. The van der Waals surface area contributed by atoms with Gasteiger partial charge in [-0.05, 0) is 112 Å². The first-order valence-corrected chi connectivity index (χ1v) is 24.8. The van der Waals surface area contributed by atoms with E-state index in [9.17, 15) is 0 Å². The average molecular weight is 890 g/mol. The Morgan fingerprint density at radius 2 is 0.765 bits per heavy atom. The topological polar surface area (TPSA) is 4.93 Å². The molecule has 0 saturated heterocycles. The Balaban J connectivity index is 1.06. The lowest BCUT2D eigenvalue weighted by atomic mass is 9.85. The predicted octanol–water partition coefficient (Wildman–Crippen LogP) is 19.4. The molecule has 0 aliphatic heterocycles. The smallest absolute Gasteiger partial charge is 0.0619 e. The molecule has 0 aliphatic rings. The lowest BCUT2D eigenvalue weighted by Crippen LogP contribution is -2.10. The van der Waals surface area contributed by atoms with Crippen molar-refractivity contribution in [2.45, 2.75) is 52.4 Å². The van der Waals surface area contributed by atoms with E-state index in [1.165, 1.54) is 135 Å². The highest BCUT2D eigenvalue weighted by atomic mass is 32.1. The molecule has 68 heavy (non-hydrogen) atoms.